The second-order valence-corrected chi connectivity index (χ2v) is 8.54. The molecule has 1 N–H and O–H groups in total. The van der Waals surface area contributed by atoms with Crippen LogP contribution in [0.15, 0.2) is 91.1 Å². The summed E-state index contributed by atoms with van der Waals surface area (Å²) in [5, 5.41) is 3.14. The number of para-hydroxylation sites is 1. The van der Waals surface area contributed by atoms with Gasteiger partial charge in [0.15, 0.2) is 0 Å². The minimum absolute atomic E-state index is 0.103. The normalized spacial score (nSPS) is 14.8. The van der Waals surface area contributed by atoms with Gasteiger partial charge in [-0.2, -0.15) is 0 Å². The van der Waals surface area contributed by atoms with E-state index in [4.69, 9.17) is 0 Å². The summed E-state index contributed by atoms with van der Waals surface area (Å²) in [5.41, 5.74) is 7.79. The number of anilines is 1. The predicted octanol–water partition coefficient (Wildman–Crippen LogP) is 6.74. The number of carbonyl (C=O) groups is 1. The van der Waals surface area contributed by atoms with Crippen molar-refractivity contribution in [1.29, 1.82) is 0 Å². The number of aryl methyl sites for hydroxylation is 2. The van der Waals surface area contributed by atoms with Crippen LogP contribution in [-0.2, 0) is 19.4 Å². The molecule has 0 spiro atoms. The topological polar surface area (TPSA) is 37.3 Å². The van der Waals surface area contributed by atoms with E-state index in [9.17, 15) is 4.79 Å². The van der Waals surface area contributed by atoms with Gasteiger partial charge in [0.25, 0.3) is 0 Å². The molecule has 1 aliphatic heterocycles. The molecule has 0 saturated carbocycles. The van der Waals surface area contributed by atoms with Crippen molar-refractivity contribution in [2.75, 3.05) is 5.32 Å². The smallest absolute Gasteiger partial charge is 0.318 e. The molecular weight excluding hydrogens is 406 g/mol. The number of fused-ring (bicyclic) bond motifs is 3. The Morgan fingerprint density at radius 2 is 1.52 bits per heavy atom. The highest BCUT2D eigenvalue weighted by molar-refractivity contribution is 5.90. The largest absolute Gasteiger partial charge is 0.322 e. The molecular formula is C29H29N3O. The van der Waals surface area contributed by atoms with Crippen LogP contribution in [0.25, 0.3) is 5.69 Å². The fourth-order valence-electron chi connectivity index (χ4n) is 4.64. The van der Waals surface area contributed by atoms with Gasteiger partial charge in [0.1, 0.15) is 0 Å². The molecule has 0 bridgehead atoms. The van der Waals surface area contributed by atoms with Gasteiger partial charge in [-0.3, -0.25) is 0 Å². The Hall–Kier alpha value is -3.79. The van der Waals surface area contributed by atoms with E-state index in [1.807, 2.05) is 23.1 Å². The van der Waals surface area contributed by atoms with Crippen molar-refractivity contribution >= 4 is 11.7 Å². The Morgan fingerprint density at radius 1 is 0.848 bits per heavy atom. The average Bonchev–Trinajstić information content (AvgIpc) is 3.29. The zero-order chi connectivity index (χ0) is 22.8. The molecule has 0 aliphatic carbocycles. The van der Waals surface area contributed by atoms with Crippen LogP contribution < -0.4 is 5.32 Å². The van der Waals surface area contributed by atoms with E-state index < -0.39 is 0 Å². The molecule has 0 saturated heterocycles. The first kappa shape index (κ1) is 21.1. The van der Waals surface area contributed by atoms with E-state index in [2.05, 4.69) is 96.7 Å². The predicted molar refractivity (Wildman–Crippen MR) is 134 cm³/mol. The number of aromatic nitrogens is 1. The Balaban J connectivity index is 1.58. The number of hydrogen-bond donors (Lipinski definition) is 1. The average molecular weight is 436 g/mol. The summed E-state index contributed by atoms with van der Waals surface area (Å²) >= 11 is 0. The second kappa shape index (κ2) is 8.99. The van der Waals surface area contributed by atoms with E-state index in [0.717, 1.165) is 41.0 Å². The maximum Gasteiger partial charge on any atom is 0.322 e. The number of benzene rings is 3. The fourth-order valence-corrected chi connectivity index (χ4v) is 4.64. The van der Waals surface area contributed by atoms with Crippen molar-refractivity contribution in [2.24, 2.45) is 0 Å². The molecule has 0 radical (unpaired) electrons. The third-order valence-corrected chi connectivity index (χ3v) is 6.54. The lowest BCUT2D eigenvalue weighted by molar-refractivity contribution is 0.194. The van der Waals surface area contributed by atoms with Crippen LogP contribution in [0, 0.1) is 0 Å². The molecule has 3 aromatic carbocycles. The second-order valence-electron chi connectivity index (χ2n) is 8.54. The van der Waals surface area contributed by atoms with Gasteiger partial charge in [-0.05, 0) is 65.4 Å². The fraction of sp³-hybridized carbons (Fsp3) is 0.207. The first-order valence-corrected chi connectivity index (χ1v) is 11.7. The molecule has 1 atom stereocenters. The monoisotopic (exact) mass is 435 g/mol. The van der Waals surface area contributed by atoms with Crippen molar-refractivity contribution < 1.29 is 4.79 Å². The summed E-state index contributed by atoms with van der Waals surface area (Å²) in [4.78, 5) is 15.7. The highest BCUT2D eigenvalue weighted by Crippen LogP contribution is 2.37. The Labute approximate surface area is 195 Å². The lowest BCUT2D eigenvalue weighted by atomic mass is 10.00. The summed E-state index contributed by atoms with van der Waals surface area (Å²) < 4.78 is 2.22. The molecule has 166 valence electrons. The SMILES string of the molecule is CCc1ccc(NC(=O)N2Cc3ccccc3-n3cccc3[C@H]2c2ccc(CC)cc2)cc1. The van der Waals surface area contributed by atoms with Crippen LogP contribution in [0.5, 0.6) is 0 Å². The van der Waals surface area contributed by atoms with Crippen molar-refractivity contribution in [1.82, 2.24) is 9.47 Å². The first-order chi connectivity index (χ1) is 16.2. The van der Waals surface area contributed by atoms with Crippen LogP contribution in [0.4, 0.5) is 10.5 Å². The third kappa shape index (κ3) is 4.05. The summed E-state index contributed by atoms with van der Waals surface area (Å²) in [6.45, 7) is 4.81. The minimum atomic E-state index is -0.201. The van der Waals surface area contributed by atoms with Gasteiger partial charge in [0, 0.05) is 17.6 Å². The standard InChI is InChI=1S/C29H29N3O/c1-3-21-11-15-23(16-12-21)28-27-10-7-19-31(27)26-9-6-5-8-24(26)20-32(28)29(33)30-25-17-13-22(4-2)14-18-25/h5-19,28H,3-4,20H2,1-2H3,(H,30,33)/t28-/m1/s1. The summed E-state index contributed by atoms with van der Waals surface area (Å²) in [7, 11) is 0. The molecule has 4 heteroatoms. The van der Waals surface area contributed by atoms with Gasteiger partial charge >= 0.3 is 6.03 Å². The maximum atomic E-state index is 13.7. The molecule has 4 nitrogen and oxygen atoms in total. The molecule has 33 heavy (non-hydrogen) atoms. The number of hydrogen-bond acceptors (Lipinski definition) is 1. The molecule has 5 rings (SSSR count). The van der Waals surface area contributed by atoms with Gasteiger partial charge in [0.2, 0.25) is 0 Å². The van der Waals surface area contributed by atoms with Crippen molar-refractivity contribution in [2.45, 2.75) is 39.3 Å². The van der Waals surface area contributed by atoms with E-state index in [-0.39, 0.29) is 12.1 Å². The number of urea groups is 1. The lowest BCUT2D eigenvalue weighted by Gasteiger charge is -2.31. The number of rotatable bonds is 4. The quantitative estimate of drug-likeness (QED) is 0.379. The van der Waals surface area contributed by atoms with Gasteiger partial charge in [-0.25, -0.2) is 4.79 Å². The molecule has 4 aromatic rings. The Bertz CT molecular complexity index is 1250. The first-order valence-electron chi connectivity index (χ1n) is 11.7. The van der Waals surface area contributed by atoms with Crippen molar-refractivity contribution in [3.05, 3.63) is 119 Å². The van der Waals surface area contributed by atoms with Gasteiger partial charge < -0.3 is 14.8 Å². The third-order valence-electron chi connectivity index (χ3n) is 6.54. The Kier molecular flexibility index (Phi) is 5.74. The number of nitrogens with zero attached hydrogens (tertiary/aromatic N) is 2. The zero-order valence-corrected chi connectivity index (χ0v) is 19.2. The molecule has 2 amide bonds. The van der Waals surface area contributed by atoms with Gasteiger partial charge in [-0.1, -0.05) is 68.4 Å². The number of carbonyl (C=O) groups excluding carboxylic acids is 1. The molecule has 0 fully saturated rings. The summed E-state index contributed by atoms with van der Waals surface area (Å²) in [5.74, 6) is 0. The van der Waals surface area contributed by atoms with Crippen molar-refractivity contribution in [3.8, 4) is 5.69 Å². The summed E-state index contributed by atoms with van der Waals surface area (Å²) in [6.07, 6.45) is 4.06. The van der Waals surface area contributed by atoms with Crippen LogP contribution in [0.1, 0.15) is 47.8 Å². The van der Waals surface area contributed by atoms with Gasteiger partial charge in [0.05, 0.1) is 18.3 Å². The van der Waals surface area contributed by atoms with Crippen LogP contribution in [0.2, 0.25) is 0 Å². The van der Waals surface area contributed by atoms with Crippen molar-refractivity contribution in [3.63, 3.8) is 0 Å². The van der Waals surface area contributed by atoms with E-state index in [0.29, 0.717) is 6.54 Å². The van der Waals surface area contributed by atoms with Crippen LogP contribution in [0.3, 0.4) is 0 Å². The van der Waals surface area contributed by atoms with E-state index >= 15 is 0 Å². The summed E-state index contributed by atoms with van der Waals surface area (Å²) in [6, 6.07) is 29.0. The van der Waals surface area contributed by atoms with Crippen LogP contribution >= 0.6 is 0 Å². The van der Waals surface area contributed by atoms with Gasteiger partial charge in [-0.15, -0.1) is 0 Å². The number of amides is 2. The molecule has 2 heterocycles. The minimum Gasteiger partial charge on any atom is -0.318 e. The number of nitrogens with one attached hydrogen (secondary N) is 1. The zero-order valence-electron chi connectivity index (χ0n) is 19.2. The highest BCUT2D eigenvalue weighted by Gasteiger charge is 2.33. The van der Waals surface area contributed by atoms with Crippen LogP contribution in [-0.4, -0.2) is 15.5 Å². The molecule has 0 unspecified atom stereocenters. The molecule has 1 aliphatic rings. The Morgan fingerprint density at radius 3 is 2.21 bits per heavy atom. The maximum absolute atomic E-state index is 13.7. The lowest BCUT2D eigenvalue weighted by Crippen LogP contribution is -2.37. The van der Waals surface area contributed by atoms with E-state index in [1.54, 1.807) is 0 Å². The molecule has 1 aromatic heterocycles. The highest BCUT2D eigenvalue weighted by atomic mass is 16.2. The van der Waals surface area contributed by atoms with E-state index in [1.165, 1.54) is 11.1 Å².